The number of methoxy groups -OCH3 is 1. The first kappa shape index (κ1) is 20.5. The van der Waals surface area contributed by atoms with Crippen LogP contribution in [0, 0.1) is 11.8 Å². The highest BCUT2D eigenvalue weighted by Crippen LogP contribution is 2.45. The Morgan fingerprint density at radius 3 is 3.00 bits per heavy atom. The fraction of sp³-hybridized carbons (Fsp3) is 0.593. The fourth-order valence-corrected chi connectivity index (χ4v) is 7.08. The zero-order valence-corrected chi connectivity index (χ0v) is 19.2. The molecule has 3 saturated heterocycles. The molecule has 3 aliphatic heterocycles. The SMILES string of the molecule is COCCn1ccc2cc(C(=O)N3CCCC4=C[C@H]5C[C@H](CN6CCCC[C@@H]56)[C@H]43)ccc21. The second-order valence-corrected chi connectivity index (χ2v) is 10.3. The molecular formula is C27H35N3O2. The summed E-state index contributed by atoms with van der Waals surface area (Å²) in [5.74, 6) is 1.52. The average Bonchev–Trinajstić information content (AvgIpc) is 3.24. The van der Waals surface area contributed by atoms with Crippen LogP contribution in [0.5, 0.6) is 0 Å². The van der Waals surface area contributed by atoms with Crippen LogP contribution in [0.3, 0.4) is 0 Å². The Balaban J connectivity index is 1.28. The number of fused-ring (bicyclic) bond motifs is 7. The number of carbonyl (C=O) groups excluding carboxylic acids is 1. The highest BCUT2D eigenvalue weighted by molar-refractivity contribution is 5.98. The first-order valence-electron chi connectivity index (χ1n) is 12.6. The van der Waals surface area contributed by atoms with Crippen molar-refractivity contribution in [1.82, 2.24) is 14.4 Å². The summed E-state index contributed by atoms with van der Waals surface area (Å²) in [7, 11) is 1.73. The number of benzene rings is 1. The van der Waals surface area contributed by atoms with Crippen LogP contribution in [-0.4, -0.2) is 65.7 Å². The van der Waals surface area contributed by atoms with Gasteiger partial charge in [-0.15, -0.1) is 0 Å². The number of piperidine rings is 3. The van der Waals surface area contributed by atoms with Crippen molar-refractivity contribution in [2.75, 3.05) is 33.4 Å². The maximum Gasteiger partial charge on any atom is 0.254 e. The Kier molecular flexibility index (Phi) is 5.34. The van der Waals surface area contributed by atoms with Gasteiger partial charge in [-0.05, 0) is 74.8 Å². The van der Waals surface area contributed by atoms with Gasteiger partial charge in [-0.3, -0.25) is 9.69 Å². The summed E-state index contributed by atoms with van der Waals surface area (Å²) in [5.41, 5.74) is 3.56. The van der Waals surface area contributed by atoms with Crippen LogP contribution in [0.4, 0.5) is 0 Å². The zero-order chi connectivity index (χ0) is 21.7. The van der Waals surface area contributed by atoms with E-state index in [1.807, 2.05) is 6.07 Å². The molecule has 0 unspecified atom stereocenters. The number of ether oxygens (including phenoxy) is 1. The van der Waals surface area contributed by atoms with E-state index in [1.165, 1.54) is 50.7 Å². The van der Waals surface area contributed by atoms with E-state index in [4.69, 9.17) is 4.74 Å². The quantitative estimate of drug-likeness (QED) is 0.674. The molecule has 1 amide bonds. The van der Waals surface area contributed by atoms with E-state index < -0.39 is 0 Å². The Bertz CT molecular complexity index is 1040. The van der Waals surface area contributed by atoms with Crippen molar-refractivity contribution < 1.29 is 9.53 Å². The number of amides is 1. The van der Waals surface area contributed by atoms with Crippen LogP contribution in [0.2, 0.25) is 0 Å². The first-order valence-corrected chi connectivity index (χ1v) is 12.6. The summed E-state index contributed by atoms with van der Waals surface area (Å²) in [5, 5.41) is 1.14. The van der Waals surface area contributed by atoms with Gasteiger partial charge in [0, 0.05) is 55.4 Å². The third-order valence-corrected chi connectivity index (χ3v) is 8.47. The first-order chi connectivity index (χ1) is 15.7. The lowest BCUT2D eigenvalue weighted by molar-refractivity contribution is 0.00148. The number of carbonyl (C=O) groups is 1. The van der Waals surface area contributed by atoms with Gasteiger partial charge in [0.05, 0.1) is 12.6 Å². The summed E-state index contributed by atoms with van der Waals surface area (Å²) >= 11 is 0. The molecule has 3 fully saturated rings. The molecule has 0 radical (unpaired) electrons. The minimum absolute atomic E-state index is 0.214. The minimum atomic E-state index is 0.214. The second-order valence-electron chi connectivity index (χ2n) is 10.3. The topological polar surface area (TPSA) is 37.7 Å². The Labute approximate surface area is 191 Å². The average molecular weight is 434 g/mol. The molecule has 6 rings (SSSR count). The Morgan fingerprint density at radius 2 is 2.09 bits per heavy atom. The third kappa shape index (κ3) is 3.41. The number of hydrogen-bond donors (Lipinski definition) is 0. The number of hydrogen-bond acceptors (Lipinski definition) is 3. The molecule has 2 aromatic rings. The van der Waals surface area contributed by atoms with Crippen molar-refractivity contribution >= 4 is 16.8 Å². The molecule has 0 N–H and O–H groups in total. The minimum Gasteiger partial charge on any atom is -0.383 e. The summed E-state index contributed by atoms with van der Waals surface area (Å²) < 4.78 is 7.43. The van der Waals surface area contributed by atoms with Gasteiger partial charge < -0.3 is 14.2 Å². The predicted octanol–water partition coefficient (Wildman–Crippen LogP) is 4.32. The third-order valence-electron chi connectivity index (χ3n) is 8.47. The molecule has 1 aromatic heterocycles. The van der Waals surface area contributed by atoms with Gasteiger partial charge in [-0.25, -0.2) is 0 Å². The standard InChI is InChI=1S/C27H35N3O2/c1-32-14-13-28-12-9-19-15-21(7-8-25(19)28)27(31)30-11-4-5-20-16-22-17-23(26(20)30)18-29-10-3-2-6-24(22)29/h7-9,12,15-16,22-24,26H,2-6,10-11,13-14,17-18H2,1H3/t22-,23+,24-,26-/m0/s1. The molecule has 4 aliphatic rings. The molecule has 0 saturated carbocycles. The van der Waals surface area contributed by atoms with E-state index in [1.54, 1.807) is 12.7 Å². The lowest BCUT2D eigenvalue weighted by Crippen LogP contribution is -2.60. The second kappa shape index (κ2) is 8.35. The number of nitrogens with zero attached hydrogens (tertiary/aromatic N) is 3. The van der Waals surface area contributed by atoms with E-state index >= 15 is 0 Å². The predicted molar refractivity (Wildman–Crippen MR) is 127 cm³/mol. The molecule has 2 bridgehead atoms. The van der Waals surface area contributed by atoms with Gasteiger partial charge >= 0.3 is 0 Å². The maximum atomic E-state index is 13.8. The van der Waals surface area contributed by atoms with Crippen LogP contribution < -0.4 is 0 Å². The van der Waals surface area contributed by atoms with Crippen molar-refractivity contribution in [3.05, 3.63) is 47.7 Å². The van der Waals surface area contributed by atoms with Crippen molar-refractivity contribution in [2.45, 2.75) is 57.2 Å². The van der Waals surface area contributed by atoms with Gasteiger partial charge in [0.1, 0.15) is 0 Å². The van der Waals surface area contributed by atoms with Gasteiger partial charge in [-0.1, -0.05) is 18.1 Å². The number of aromatic nitrogens is 1. The summed E-state index contributed by atoms with van der Waals surface area (Å²) in [6, 6.07) is 9.40. The molecule has 1 aliphatic carbocycles. The molecule has 170 valence electrons. The fourth-order valence-electron chi connectivity index (χ4n) is 7.08. The van der Waals surface area contributed by atoms with E-state index in [0.717, 1.165) is 36.5 Å². The molecule has 4 atom stereocenters. The molecule has 32 heavy (non-hydrogen) atoms. The van der Waals surface area contributed by atoms with E-state index in [9.17, 15) is 4.79 Å². The van der Waals surface area contributed by atoms with Gasteiger partial charge in [0.2, 0.25) is 0 Å². The van der Waals surface area contributed by atoms with Crippen molar-refractivity contribution in [2.24, 2.45) is 11.8 Å². The Hall–Kier alpha value is -2.11. The smallest absolute Gasteiger partial charge is 0.254 e. The number of likely N-dealkylation sites (tertiary alicyclic amines) is 1. The maximum absolute atomic E-state index is 13.8. The Morgan fingerprint density at radius 1 is 1.16 bits per heavy atom. The molecule has 5 heteroatoms. The summed E-state index contributed by atoms with van der Waals surface area (Å²) in [6.07, 6.45) is 12.3. The lowest BCUT2D eigenvalue weighted by Gasteiger charge is -2.54. The summed E-state index contributed by atoms with van der Waals surface area (Å²) in [4.78, 5) is 18.8. The van der Waals surface area contributed by atoms with Crippen molar-refractivity contribution in [1.29, 1.82) is 0 Å². The van der Waals surface area contributed by atoms with Gasteiger partial charge in [-0.2, -0.15) is 0 Å². The normalized spacial score (nSPS) is 30.0. The van der Waals surface area contributed by atoms with Gasteiger partial charge in [0.25, 0.3) is 5.91 Å². The largest absolute Gasteiger partial charge is 0.383 e. The zero-order valence-electron chi connectivity index (χ0n) is 19.2. The molecule has 5 nitrogen and oxygen atoms in total. The van der Waals surface area contributed by atoms with Crippen molar-refractivity contribution in [3.8, 4) is 0 Å². The van der Waals surface area contributed by atoms with E-state index in [0.29, 0.717) is 24.5 Å². The number of rotatable bonds is 4. The molecular weight excluding hydrogens is 398 g/mol. The van der Waals surface area contributed by atoms with E-state index in [2.05, 4.69) is 44.8 Å². The molecule has 1 aromatic carbocycles. The van der Waals surface area contributed by atoms with Crippen LogP contribution in [0.25, 0.3) is 10.9 Å². The van der Waals surface area contributed by atoms with Gasteiger partial charge in [0.15, 0.2) is 0 Å². The van der Waals surface area contributed by atoms with Crippen molar-refractivity contribution in [3.63, 3.8) is 0 Å². The highest BCUT2D eigenvalue weighted by atomic mass is 16.5. The summed E-state index contributed by atoms with van der Waals surface area (Å²) in [6.45, 7) is 4.83. The van der Waals surface area contributed by atoms with Crippen LogP contribution >= 0.6 is 0 Å². The monoisotopic (exact) mass is 433 g/mol. The molecule has 4 heterocycles. The van der Waals surface area contributed by atoms with Crippen LogP contribution in [-0.2, 0) is 11.3 Å². The van der Waals surface area contributed by atoms with Crippen LogP contribution in [0.1, 0.15) is 48.9 Å². The van der Waals surface area contributed by atoms with Crippen LogP contribution in [0.15, 0.2) is 42.1 Å². The molecule has 0 spiro atoms. The highest BCUT2D eigenvalue weighted by Gasteiger charge is 2.46. The van der Waals surface area contributed by atoms with E-state index in [-0.39, 0.29) is 5.91 Å². The lowest BCUT2D eigenvalue weighted by atomic mass is 9.68.